The standard InChI is InChI=1S/C17H32N2O2/c1-13-5-3-4-6-15(13)11-18-17(21)19(2)16-9-7-14(12-20)8-10-16/h13-16,20H,3-12H2,1-2H3,(H,18,21). The molecule has 2 rings (SSSR count). The molecule has 2 aliphatic carbocycles. The molecule has 0 spiro atoms. The van der Waals surface area contributed by atoms with E-state index >= 15 is 0 Å². The average Bonchev–Trinajstić information content (AvgIpc) is 2.53. The minimum absolute atomic E-state index is 0.0835. The molecular weight excluding hydrogens is 264 g/mol. The molecule has 2 saturated carbocycles. The maximum Gasteiger partial charge on any atom is 0.317 e. The summed E-state index contributed by atoms with van der Waals surface area (Å²) in [5.74, 6) is 1.84. The second kappa shape index (κ2) is 8.02. The summed E-state index contributed by atoms with van der Waals surface area (Å²) in [7, 11) is 1.92. The third kappa shape index (κ3) is 4.60. The number of hydrogen-bond acceptors (Lipinski definition) is 2. The van der Waals surface area contributed by atoms with Gasteiger partial charge in [0.1, 0.15) is 0 Å². The van der Waals surface area contributed by atoms with Gasteiger partial charge in [-0.05, 0) is 49.9 Å². The van der Waals surface area contributed by atoms with Crippen molar-refractivity contribution in [1.29, 1.82) is 0 Å². The molecule has 2 amide bonds. The fourth-order valence-electron chi connectivity index (χ4n) is 3.92. The molecule has 0 heterocycles. The number of carbonyl (C=O) groups excluding carboxylic acids is 1. The molecule has 122 valence electrons. The number of urea groups is 1. The summed E-state index contributed by atoms with van der Waals surface area (Å²) in [6.07, 6.45) is 9.35. The van der Waals surface area contributed by atoms with E-state index in [-0.39, 0.29) is 6.03 Å². The molecule has 2 atom stereocenters. The van der Waals surface area contributed by atoms with E-state index in [1.54, 1.807) is 0 Å². The Morgan fingerprint density at radius 1 is 1.14 bits per heavy atom. The van der Waals surface area contributed by atoms with Gasteiger partial charge in [0.2, 0.25) is 0 Å². The van der Waals surface area contributed by atoms with E-state index in [0.29, 0.717) is 24.5 Å². The van der Waals surface area contributed by atoms with Crippen molar-refractivity contribution >= 4 is 6.03 Å². The second-order valence-electron chi connectivity index (χ2n) is 7.18. The molecule has 21 heavy (non-hydrogen) atoms. The van der Waals surface area contributed by atoms with Crippen molar-refractivity contribution in [3.05, 3.63) is 0 Å². The lowest BCUT2D eigenvalue weighted by molar-refractivity contribution is 0.132. The molecule has 2 unspecified atom stereocenters. The molecule has 2 fully saturated rings. The van der Waals surface area contributed by atoms with E-state index in [1.807, 2.05) is 11.9 Å². The zero-order valence-corrected chi connectivity index (χ0v) is 13.7. The van der Waals surface area contributed by atoms with Gasteiger partial charge in [-0.15, -0.1) is 0 Å². The fourth-order valence-corrected chi connectivity index (χ4v) is 3.92. The number of rotatable bonds is 4. The van der Waals surface area contributed by atoms with Crippen molar-refractivity contribution in [1.82, 2.24) is 10.2 Å². The number of amides is 2. The average molecular weight is 296 g/mol. The summed E-state index contributed by atoms with van der Waals surface area (Å²) >= 11 is 0. The quantitative estimate of drug-likeness (QED) is 0.838. The van der Waals surface area contributed by atoms with Crippen LogP contribution in [0.5, 0.6) is 0 Å². The van der Waals surface area contributed by atoms with Crippen LogP contribution in [0.2, 0.25) is 0 Å². The molecule has 0 bridgehead atoms. The second-order valence-corrected chi connectivity index (χ2v) is 7.18. The third-order valence-electron chi connectivity index (χ3n) is 5.75. The first-order valence-corrected chi connectivity index (χ1v) is 8.73. The van der Waals surface area contributed by atoms with Crippen molar-refractivity contribution in [3.63, 3.8) is 0 Å². The van der Waals surface area contributed by atoms with E-state index < -0.39 is 0 Å². The number of nitrogens with one attached hydrogen (secondary N) is 1. The van der Waals surface area contributed by atoms with Crippen LogP contribution in [-0.2, 0) is 0 Å². The zero-order chi connectivity index (χ0) is 15.2. The summed E-state index contributed by atoms with van der Waals surface area (Å²) in [6.45, 7) is 3.44. The summed E-state index contributed by atoms with van der Waals surface area (Å²) in [4.78, 5) is 14.2. The van der Waals surface area contributed by atoms with Crippen LogP contribution in [0.4, 0.5) is 4.79 Å². The van der Waals surface area contributed by atoms with Gasteiger partial charge in [-0.3, -0.25) is 0 Å². The van der Waals surface area contributed by atoms with Gasteiger partial charge in [0.25, 0.3) is 0 Å². The van der Waals surface area contributed by atoms with Crippen molar-refractivity contribution in [2.45, 2.75) is 64.3 Å². The molecule has 2 aliphatic rings. The third-order valence-corrected chi connectivity index (χ3v) is 5.75. The van der Waals surface area contributed by atoms with Gasteiger partial charge in [-0.2, -0.15) is 0 Å². The summed E-state index contributed by atoms with van der Waals surface area (Å²) in [5, 5.41) is 12.3. The van der Waals surface area contributed by atoms with Gasteiger partial charge in [0, 0.05) is 26.2 Å². The monoisotopic (exact) mass is 296 g/mol. The van der Waals surface area contributed by atoms with Crippen molar-refractivity contribution in [2.75, 3.05) is 20.2 Å². The highest BCUT2D eigenvalue weighted by Crippen LogP contribution is 2.29. The van der Waals surface area contributed by atoms with Gasteiger partial charge in [0.15, 0.2) is 0 Å². The Balaban J connectivity index is 1.72. The van der Waals surface area contributed by atoms with Gasteiger partial charge in [0.05, 0.1) is 0 Å². The fraction of sp³-hybridized carbons (Fsp3) is 0.941. The summed E-state index contributed by atoms with van der Waals surface area (Å²) in [5.41, 5.74) is 0. The molecule has 4 nitrogen and oxygen atoms in total. The summed E-state index contributed by atoms with van der Waals surface area (Å²) < 4.78 is 0. The first-order valence-electron chi connectivity index (χ1n) is 8.73. The van der Waals surface area contributed by atoms with Crippen LogP contribution in [0.15, 0.2) is 0 Å². The van der Waals surface area contributed by atoms with Gasteiger partial charge >= 0.3 is 6.03 Å². The topological polar surface area (TPSA) is 52.6 Å². The Morgan fingerprint density at radius 3 is 2.43 bits per heavy atom. The first kappa shape index (κ1) is 16.6. The number of aliphatic hydroxyl groups excluding tert-OH is 1. The van der Waals surface area contributed by atoms with E-state index in [2.05, 4.69) is 12.2 Å². The maximum atomic E-state index is 12.3. The number of hydrogen-bond donors (Lipinski definition) is 2. The number of carbonyl (C=O) groups is 1. The zero-order valence-electron chi connectivity index (χ0n) is 13.7. The summed E-state index contributed by atoms with van der Waals surface area (Å²) in [6, 6.07) is 0.428. The number of nitrogens with zero attached hydrogens (tertiary/aromatic N) is 1. The molecule has 0 radical (unpaired) electrons. The van der Waals surface area contributed by atoms with Crippen LogP contribution in [0.25, 0.3) is 0 Å². The highest BCUT2D eigenvalue weighted by molar-refractivity contribution is 5.74. The lowest BCUT2D eigenvalue weighted by Crippen LogP contribution is -2.47. The Hall–Kier alpha value is -0.770. The minimum Gasteiger partial charge on any atom is -0.396 e. The van der Waals surface area contributed by atoms with Crippen LogP contribution >= 0.6 is 0 Å². The van der Waals surface area contributed by atoms with Gasteiger partial charge in [-0.25, -0.2) is 4.79 Å². The van der Waals surface area contributed by atoms with Crippen LogP contribution in [0.1, 0.15) is 58.3 Å². The molecule has 0 aromatic heterocycles. The van der Waals surface area contributed by atoms with Crippen molar-refractivity contribution in [2.24, 2.45) is 17.8 Å². The predicted octanol–water partition coefficient (Wildman–Crippen LogP) is 3.01. The van der Waals surface area contributed by atoms with Crippen molar-refractivity contribution in [3.8, 4) is 0 Å². The predicted molar refractivity (Wildman–Crippen MR) is 85.1 cm³/mol. The maximum absolute atomic E-state index is 12.3. The Labute approximate surface area is 129 Å². The Kier molecular flexibility index (Phi) is 6.34. The van der Waals surface area contributed by atoms with E-state index in [9.17, 15) is 9.90 Å². The number of aliphatic hydroxyl groups is 1. The SMILES string of the molecule is CC1CCCCC1CNC(=O)N(C)C1CCC(CO)CC1. The highest BCUT2D eigenvalue weighted by atomic mass is 16.3. The van der Waals surface area contributed by atoms with Crippen LogP contribution < -0.4 is 5.32 Å². The lowest BCUT2D eigenvalue weighted by Gasteiger charge is -2.35. The van der Waals surface area contributed by atoms with Crippen LogP contribution in [0.3, 0.4) is 0 Å². The minimum atomic E-state index is 0.0835. The van der Waals surface area contributed by atoms with E-state index in [4.69, 9.17) is 0 Å². The van der Waals surface area contributed by atoms with Gasteiger partial charge < -0.3 is 15.3 Å². The Morgan fingerprint density at radius 2 is 1.81 bits per heavy atom. The smallest absolute Gasteiger partial charge is 0.317 e. The highest BCUT2D eigenvalue weighted by Gasteiger charge is 2.27. The first-order chi connectivity index (χ1) is 10.1. The molecule has 0 aromatic carbocycles. The molecule has 0 aromatic rings. The van der Waals surface area contributed by atoms with E-state index in [1.165, 1.54) is 25.7 Å². The van der Waals surface area contributed by atoms with Crippen LogP contribution in [0, 0.1) is 17.8 Å². The van der Waals surface area contributed by atoms with Crippen molar-refractivity contribution < 1.29 is 9.90 Å². The Bertz CT molecular complexity index is 327. The lowest BCUT2D eigenvalue weighted by atomic mass is 9.80. The molecule has 0 saturated heterocycles. The molecule has 2 N–H and O–H groups in total. The van der Waals surface area contributed by atoms with Crippen LogP contribution in [-0.4, -0.2) is 42.3 Å². The normalized spacial score (nSPS) is 33.5. The van der Waals surface area contributed by atoms with Gasteiger partial charge in [-0.1, -0.05) is 26.2 Å². The molecule has 4 heteroatoms. The molecular formula is C17H32N2O2. The van der Waals surface area contributed by atoms with E-state index in [0.717, 1.165) is 38.1 Å². The largest absolute Gasteiger partial charge is 0.396 e. The molecule has 0 aliphatic heterocycles.